The van der Waals surface area contributed by atoms with Gasteiger partial charge in [0.05, 0.1) is 23.7 Å². The molecule has 4 nitrogen and oxygen atoms in total. The van der Waals surface area contributed by atoms with Crippen molar-refractivity contribution in [2.45, 2.75) is 13.0 Å². The lowest BCUT2D eigenvalue weighted by atomic mass is 10.2. The van der Waals surface area contributed by atoms with E-state index in [4.69, 9.17) is 0 Å². The van der Waals surface area contributed by atoms with Crippen molar-refractivity contribution in [1.82, 2.24) is 14.8 Å². The second-order valence-corrected chi connectivity index (χ2v) is 3.18. The Hall–Kier alpha value is -1.75. The summed E-state index contributed by atoms with van der Waals surface area (Å²) in [5, 5.41) is 13.4. The summed E-state index contributed by atoms with van der Waals surface area (Å²) in [5.41, 5.74) is 0.857. The zero-order chi connectivity index (χ0) is 10.8. The number of aliphatic hydroxyl groups excluding tert-OH is 1. The van der Waals surface area contributed by atoms with E-state index >= 15 is 0 Å². The summed E-state index contributed by atoms with van der Waals surface area (Å²) in [7, 11) is 0. The van der Waals surface area contributed by atoms with Gasteiger partial charge >= 0.3 is 0 Å². The molecule has 0 amide bonds. The van der Waals surface area contributed by atoms with Crippen LogP contribution in [0.5, 0.6) is 0 Å². The molecular formula is C10H10FN3O. The topological polar surface area (TPSA) is 50.9 Å². The van der Waals surface area contributed by atoms with E-state index in [2.05, 4.69) is 10.1 Å². The van der Waals surface area contributed by atoms with Gasteiger partial charge in [-0.05, 0) is 13.0 Å². The van der Waals surface area contributed by atoms with Gasteiger partial charge in [-0.25, -0.2) is 9.07 Å². The van der Waals surface area contributed by atoms with Gasteiger partial charge in [-0.3, -0.25) is 4.98 Å². The fourth-order valence-corrected chi connectivity index (χ4v) is 1.36. The lowest BCUT2D eigenvalue weighted by Crippen LogP contribution is -2.06. The number of halogens is 1. The molecule has 0 aliphatic rings. The minimum atomic E-state index is -0.759. The van der Waals surface area contributed by atoms with Crippen LogP contribution in [0, 0.1) is 5.82 Å². The predicted octanol–water partition coefficient (Wildman–Crippen LogP) is 1.46. The van der Waals surface area contributed by atoms with Gasteiger partial charge in [0, 0.05) is 18.5 Å². The number of hydrogen-bond donors (Lipinski definition) is 1. The second kappa shape index (κ2) is 3.78. The number of aliphatic hydroxyl groups is 1. The Balaban J connectivity index is 2.58. The molecule has 0 fully saturated rings. The number of pyridine rings is 1. The number of rotatable bonds is 2. The first-order valence-electron chi connectivity index (χ1n) is 4.52. The van der Waals surface area contributed by atoms with Crippen molar-refractivity contribution in [2.24, 2.45) is 0 Å². The van der Waals surface area contributed by atoms with Gasteiger partial charge in [0.2, 0.25) is 0 Å². The molecule has 2 heterocycles. The predicted molar refractivity (Wildman–Crippen MR) is 52.0 cm³/mol. The molecule has 0 bridgehead atoms. The average Bonchev–Trinajstić information content (AvgIpc) is 2.69. The Bertz CT molecular complexity index is 454. The van der Waals surface area contributed by atoms with Gasteiger partial charge in [-0.1, -0.05) is 0 Å². The van der Waals surface area contributed by atoms with Crippen molar-refractivity contribution in [3.63, 3.8) is 0 Å². The van der Waals surface area contributed by atoms with Crippen LogP contribution in [-0.2, 0) is 0 Å². The highest BCUT2D eigenvalue weighted by Crippen LogP contribution is 2.19. The number of hydrogen-bond acceptors (Lipinski definition) is 3. The van der Waals surface area contributed by atoms with E-state index in [0.29, 0.717) is 11.4 Å². The monoisotopic (exact) mass is 207 g/mol. The molecule has 1 atom stereocenters. The lowest BCUT2D eigenvalue weighted by molar-refractivity contribution is 0.193. The molecule has 5 heteroatoms. The first kappa shape index (κ1) is 9.79. The van der Waals surface area contributed by atoms with Crippen molar-refractivity contribution in [1.29, 1.82) is 0 Å². The largest absolute Gasteiger partial charge is 0.387 e. The Kier molecular flexibility index (Phi) is 2.47. The molecule has 2 aromatic heterocycles. The Morgan fingerprint density at radius 2 is 2.33 bits per heavy atom. The molecule has 0 aliphatic heterocycles. The Labute approximate surface area is 86.0 Å². The van der Waals surface area contributed by atoms with Crippen molar-refractivity contribution in [3.8, 4) is 5.69 Å². The molecule has 0 saturated heterocycles. The summed E-state index contributed by atoms with van der Waals surface area (Å²) in [6, 6.07) is 3.01. The fourth-order valence-electron chi connectivity index (χ4n) is 1.36. The number of aromatic nitrogens is 3. The molecule has 15 heavy (non-hydrogen) atoms. The highest BCUT2D eigenvalue weighted by atomic mass is 19.1. The summed E-state index contributed by atoms with van der Waals surface area (Å²) in [6.07, 6.45) is 3.57. The van der Waals surface area contributed by atoms with Crippen LogP contribution in [-0.4, -0.2) is 19.9 Å². The second-order valence-electron chi connectivity index (χ2n) is 3.18. The first-order chi connectivity index (χ1) is 7.18. The normalized spacial score (nSPS) is 12.7. The van der Waals surface area contributed by atoms with Crippen molar-refractivity contribution in [2.75, 3.05) is 0 Å². The standard InChI is InChI=1S/C10H10FN3O/c1-7(15)10-9(5-8(11)6-12-10)14-4-2-3-13-14/h2-7,15H,1H3. The van der Waals surface area contributed by atoms with Gasteiger partial charge < -0.3 is 5.11 Å². The maximum absolute atomic E-state index is 13.0. The minimum Gasteiger partial charge on any atom is -0.387 e. The summed E-state index contributed by atoms with van der Waals surface area (Å²) in [5.74, 6) is -0.454. The van der Waals surface area contributed by atoms with Gasteiger partial charge in [0.25, 0.3) is 0 Å². The van der Waals surface area contributed by atoms with Crippen LogP contribution in [0.4, 0.5) is 4.39 Å². The molecule has 78 valence electrons. The molecule has 0 saturated carbocycles. The average molecular weight is 207 g/mol. The minimum absolute atomic E-state index is 0.403. The molecule has 0 spiro atoms. The molecule has 1 N–H and O–H groups in total. The van der Waals surface area contributed by atoms with Crippen LogP contribution in [0.1, 0.15) is 18.7 Å². The first-order valence-corrected chi connectivity index (χ1v) is 4.52. The maximum atomic E-state index is 13.0. The Morgan fingerprint density at radius 1 is 1.53 bits per heavy atom. The van der Waals surface area contributed by atoms with Crippen molar-refractivity contribution in [3.05, 3.63) is 42.2 Å². The number of nitrogens with zero attached hydrogens (tertiary/aromatic N) is 3. The van der Waals surface area contributed by atoms with Crippen molar-refractivity contribution >= 4 is 0 Å². The van der Waals surface area contributed by atoms with Crippen LogP contribution in [0.3, 0.4) is 0 Å². The van der Waals surface area contributed by atoms with Gasteiger partial charge in [-0.2, -0.15) is 5.10 Å². The third-order valence-corrected chi connectivity index (χ3v) is 2.01. The van der Waals surface area contributed by atoms with E-state index in [0.717, 1.165) is 6.20 Å². The summed E-state index contributed by atoms with van der Waals surface area (Å²) in [6.45, 7) is 1.58. The summed E-state index contributed by atoms with van der Waals surface area (Å²) in [4.78, 5) is 3.85. The Morgan fingerprint density at radius 3 is 2.93 bits per heavy atom. The van der Waals surface area contributed by atoms with E-state index in [9.17, 15) is 9.50 Å². The maximum Gasteiger partial charge on any atom is 0.143 e. The molecule has 2 aromatic rings. The van der Waals surface area contributed by atoms with Crippen LogP contribution in [0.25, 0.3) is 5.69 Å². The highest BCUT2D eigenvalue weighted by molar-refractivity contribution is 5.36. The molecule has 1 unspecified atom stereocenters. The van der Waals surface area contributed by atoms with E-state index < -0.39 is 11.9 Å². The summed E-state index contributed by atoms with van der Waals surface area (Å²) < 4.78 is 14.5. The third-order valence-electron chi connectivity index (χ3n) is 2.01. The zero-order valence-corrected chi connectivity index (χ0v) is 8.13. The SMILES string of the molecule is CC(O)c1ncc(F)cc1-n1cccn1. The van der Waals surface area contributed by atoms with Gasteiger partial charge in [-0.15, -0.1) is 0 Å². The fraction of sp³-hybridized carbons (Fsp3) is 0.200. The van der Waals surface area contributed by atoms with Gasteiger partial charge in [0.15, 0.2) is 0 Å². The molecule has 0 aromatic carbocycles. The van der Waals surface area contributed by atoms with E-state index in [1.165, 1.54) is 10.7 Å². The van der Waals surface area contributed by atoms with E-state index in [1.54, 1.807) is 25.4 Å². The van der Waals surface area contributed by atoms with Crippen LogP contribution in [0.15, 0.2) is 30.7 Å². The third kappa shape index (κ3) is 1.87. The van der Waals surface area contributed by atoms with Crippen LogP contribution < -0.4 is 0 Å². The molecule has 0 aliphatic carbocycles. The van der Waals surface area contributed by atoms with E-state index in [1.807, 2.05) is 0 Å². The highest BCUT2D eigenvalue weighted by Gasteiger charge is 2.12. The molecule has 0 radical (unpaired) electrons. The van der Waals surface area contributed by atoms with Crippen molar-refractivity contribution < 1.29 is 9.50 Å². The summed E-state index contributed by atoms with van der Waals surface area (Å²) >= 11 is 0. The zero-order valence-electron chi connectivity index (χ0n) is 8.13. The van der Waals surface area contributed by atoms with Crippen LogP contribution in [0.2, 0.25) is 0 Å². The molecule has 2 rings (SSSR count). The molecular weight excluding hydrogens is 197 g/mol. The van der Waals surface area contributed by atoms with Crippen LogP contribution >= 0.6 is 0 Å². The van der Waals surface area contributed by atoms with Gasteiger partial charge in [0.1, 0.15) is 5.82 Å². The smallest absolute Gasteiger partial charge is 0.143 e. The lowest BCUT2D eigenvalue weighted by Gasteiger charge is -2.10. The van der Waals surface area contributed by atoms with E-state index in [-0.39, 0.29) is 0 Å². The quantitative estimate of drug-likeness (QED) is 0.811.